The predicted molar refractivity (Wildman–Crippen MR) is 77.0 cm³/mol. The van der Waals surface area contributed by atoms with Crippen molar-refractivity contribution in [3.8, 4) is 0 Å². The molecule has 0 radical (unpaired) electrons. The first kappa shape index (κ1) is 15.5. The summed E-state index contributed by atoms with van der Waals surface area (Å²) in [5, 5.41) is 2.98. The second-order valence-corrected chi connectivity index (χ2v) is 4.95. The van der Waals surface area contributed by atoms with Gasteiger partial charge in [-0.15, -0.1) is 0 Å². The number of carbonyl (C=O) groups is 1. The third-order valence-electron chi connectivity index (χ3n) is 3.11. The lowest BCUT2D eigenvalue weighted by Crippen LogP contribution is -2.41. The van der Waals surface area contributed by atoms with Crippen molar-refractivity contribution in [3.05, 3.63) is 29.3 Å². The fourth-order valence-electron chi connectivity index (χ4n) is 1.80. The molecule has 0 aromatic heterocycles. The Kier molecular flexibility index (Phi) is 5.79. The molecule has 1 unspecified atom stereocenters. The van der Waals surface area contributed by atoms with Gasteiger partial charge < -0.3 is 15.5 Å². The summed E-state index contributed by atoms with van der Waals surface area (Å²) in [6, 6.07) is 5.37. The molecule has 1 amide bonds. The van der Waals surface area contributed by atoms with Gasteiger partial charge in [-0.25, -0.2) is 0 Å². The molecule has 0 saturated carbocycles. The number of ether oxygens (including phenoxy) is 1. The van der Waals surface area contributed by atoms with E-state index in [1.54, 1.807) is 19.2 Å². The van der Waals surface area contributed by atoms with Gasteiger partial charge >= 0.3 is 0 Å². The van der Waals surface area contributed by atoms with Gasteiger partial charge in [0.25, 0.3) is 5.91 Å². The van der Waals surface area contributed by atoms with Crippen molar-refractivity contribution >= 4 is 11.6 Å². The highest BCUT2D eigenvalue weighted by molar-refractivity contribution is 5.95. The summed E-state index contributed by atoms with van der Waals surface area (Å²) in [5.74, 6) is 5.59. The second-order valence-electron chi connectivity index (χ2n) is 4.95. The Morgan fingerprint density at radius 3 is 2.58 bits per heavy atom. The number of nitrogens with one attached hydrogen (secondary N) is 2. The topological polar surface area (TPSA) is 76.4 Å². The Morgan fingerprint density at radius 2 is 2.11 bits per heavy atom. The van der Waals surface area contributed by atoms with Crippen molar-refractivity contribution in [1.29, 1.82) is 0 Å². The lowest BCUT2D eigenvalue weighted by molar-refractivity contribution is 0.0866. The highest BCUT2D eigenvalue weighted by Crippen LogP contribution is 2.15. The van der Waals surface area contributed by atoms with E-state index in [0.29, 0.717) is 18.1 Å². The lowest BCUT2D eigenvalue weighted by atomic mass is 10.0. The number of methoxy groups -OCH3 is 1. The number of aryl methyl sites for hydroxylation is 1. The van der Waals surface area contributed by atoms with Gasteiger partial charge in [0.05, 0.1) is 18.3 Å². The molecule has 0 aliphatic rings. The van der Waals surface area contributed by atoms with E-state index in [1.807, 2.05) is 13.0 Å². The number of hydrogen-bond donors (Lipinski definition) is 3. The van der Waals surface area contributed by atoms with Crippen LogP contribution in [0.15, 0.2) is 18.2 Å². The third kappa shape index (κ3) is 4.22. The van der Waals surface area contributed by atoms with Crippen molar-refractivity contribution in [3.63, 3.8) is 0 Å². The van der Waals surface area contributed by atoms with Gasteiger partial charge in [0, 0.05) is 12.7 Å². The van der Waals surface area contributed by atoms with Gasteiger partial charge in [0.15, 0.2) is 0 Å². The number of amides is 1. The minimum absolute atomic E-state index is 0.00474. The molecule has 19 heavy (non-hydrogen) atoms. The molecule has 5 nitrogen and oxygen atoms in total. The summed E-state index contributed by atoms with van der Waals surface area (Å²) in [6.45, 7) is 6.51. The predicted octanol–water partition coefficient (Wildman–Crippen LogP) is 1.68. The van der Waals surface area contributed by atoms with E-state index in [4.69, 9.17) is 10.6 Å². The maximum atomic E-state index is 12.2. The first-order chi connectivity index (χ1) is 8.99. The van der Waals surface area contributed by atoms with Crippen LogP contribution in [0.4, 0.5) is 5.69 Å². The van der Waals surface area contributed by atoms with E-state index < -0.39 is 0 Å². The zero-order valence-electron chi connectivity index (χ0n) is 12.0. The molecule has 0 aliphatic carbocycles. The Bertz CT molecular complexity index is 433. The van der Waals surface area contributed by atoms with Gasteiger partial charge in [0.1, 0.15) is 0 Å². The smallest absolute Gasteiger partial charge is 0.251 e. The minimum atomic E-state index is -0.0950. The van der Waals surface area contributed by atoms with E-state index in [2.05, 4.69) is 24.6 Å². The van der Waals surface area contributed by atoms with E-state index in [0.717, 1.165) is 11.3 Å². The Balaban J connectivity index is 2.79. The number of benzene rings is 1. The van der Waals surface area contributed by atoms with E-state index in [-0.39, 0.29) is 11.9 Å². The average Bonchev–Trinajstić information content (AvgIpc) is 2.37. The van der Waals surface area contributed by atoms with Crippen LogP contribution < -0.4 is 16.6 Å². The largest absolute Gasteiger partial charge is 0.383 e. The first-order valence-electron chi connectivity index (χ1n) is 6.36. The Labute approximate surface area is 114 Å². The Morgan fingerprint density at radius 1 is 1.42 bits per heavy atom. The van der Waals surface area contributed by atoms with E-state index >= 15 is 0 Å². The molecule has 0 aliphatic heterocycles. The molecule has 1 rings (SSSR count). The summed E-state index contributed by atoms with van der Waals surface area (Å²) in [6.07, 6.45) is 0. The highest BCUT2D eigenvalue weighted by atomic mass is 16.5. The van der Waals surface area contributed by atoms with Crippen LogP contribution in [0.25, 0.3) is 0 Å². The molecular weight excluding hydrogens is 242 g/mol. The number of hydrazine groups is 1. The molecule has 1 aromatic carbocycles. The molecule has 1 aromatic rings. The van der Waals surface area contributed by atoms with Crippen LogP contribution in [0.1, 0.15) is 29.8 Å². The van der Waals surface area contributed by atoms with Crippen LogP contribution in [0, 0.1) is 12.8 Å². The molecule has 4 N–H and O–H groups in total. The van der Waals surface area contributed by atoms with Crippen LogP contribution in [-0.2, 0) is 4.74 Å². The molecule has 5 heteroatoms. The number of anilines is 1. The summed E-state index contributed by atoms with van der Waals surface area (Å²) in [4.78, 5) is 12.2. The van der Waals surface area contributed by atoms with Crippen LogP contribution >= 0.6 is 0 Å². The molecule has 1 atom stereocenters. The quantitative estimate of drug-likeness (QED) is 0.540. The molecule has 106 valence electrons. The number of nitrogens with two attached hydrogens (primary N) is 1. The van der Waals surface area contributed by atoms with E-state index in [1.165, 1.54) is 0 Å². The molecular formula is C14H23N3O2. The number of carbonyl (C=O) groups excluding carboxylic acids is 1. The van der Waals surface area contributed by atoms with Crippen LogP contribution in [0.3, 0.4) is 0 Å². The van der Waals surface area contributed by atoms with Gasteiger partial charge in [0.2, 0.25) is 0 Å². The van der Waals surface area contributed by atoms with Crippen LogP contribution in [0.5, 0.6) is 0 Å². The standard InChI is InChI=1S/C14H23N3O2/c1-9(2)13(8-19-4)16-14(18)11-5-6-12(17-15)10(3)7-11/h5-7,9,13,17H,8,15H2,1-4H3,(H,16,18). The third-order valence-corrected chi connectivity index (χ3v) is 3.11. The fourth-order valence-corrected chi connectivity index (χ4v) is 1.80. The van der Waals surface area contributed by atoms with Gasteiger partial charge in [-0.2, -0.15) is 0 Å². The van der Waals surface area contributed by atoms with Crippen molar-refractivity contribution in [2.24, 2.45) is 11.8 Å². The molecule has 0 heterocycles. The highest BCUT2D eigenvalue weighted by Gasteiger charge is 2.17. The van der Waals surface area contributed by atoms with Gasteiger partial charge in [-0.3, -0.25) is 10.6 Å². The number of hydrogen-bond acceptors (Lipinski definition) is 4. The second kappa shape index (κ2) is 7.11. The minimum Gasteiger partial charge on any atom is -0.383 e. The first-order valence-corrected chi connectivity index (χ1v) is 6.36. The maximum absolute atomic E-state index is 12.2. The van der Waals surface area contributed by atoms with Crippen molar-refractivity contribution in [2.75, 3.05) is 19.1 Å². The zero-order valence-corrected chi connectivity index (χ0v) is 12.0. The molecule has 0 bridgehead atoms. The zero-order chi connectivity index (χ0) is 14.4. The monoisotopic (exact) mass is 265 g/mol. The fraction of sp³-hybridized carbons (Fsp3) is 0.500. The SMILES string of the molecule is COCC(NC(=O)c1ccc(NN)c(C)c1)C(C)C. The van der Waals surface area contributed by atoms with Crippen LogP contribution in [-0.4, -0.2) is 25.7 Å². The summed E-state index contributed by atoms with van der Waals surface area (Å²) in [7, 11) is 1.63. The lowest BCUT2D eigenvalue weighted by Gasteiger charge is -2.21. The summed E-state index contributed by atoms with van der Waals surface area (Å²) < 4.78 is 5.12. The van der Waals surface area contributed by atoms with Crippen LogP contribution in [0.2, 0.25) is 0 Å². The summed E-state index contributed by atoms with van der Waals surface area (Å²) >= 11 is 0. The average molecular weight is 265 g/mol. The molecule has 0 fully saturated rings. The number of rotatable bonds is 6. The van der Waals surface area contributed by atoms with Crippen molar-refractivity contribution < 1.29 is 9.53 Å². The normalized spacial score (nSPS) is 12.3. The van der Waals surface area contributed by atoms with Gasteiger partial charge in [-0.05, 0) is 36.6 Å². The summed E-state index contributed by atoms with van der Waals surface area (Å²) in [5.41, 5.74) is 4.96. The van der Waals surface area contributed by atoms with Crippen molar-refractivity contribution in [2.45, 2.75) is 26.8 Å². The van der Waals surface area contributed by atoms with E-state index in [9.17, 15) is 4.79 Å². The maximum Gasteiger partial charge on any atom is 0.251 e. The van der Waals surface area contributed by atoms with Crippen molar-refractivity contribution in [1.82, 2.24) is 5.32 Å². The number of nitrogen functional groups attached to an aromatic ring is 1. The molecule has 0 saturated heterocycles. The van der Waals surface area contributed by atoms with Gasteiger partial charge in [-0.1, -0.05) is 13.8 Å². The Hall–Kier alpha value is -1.59. The molecule has 0 spiro atoms.